The number of halogens is 3. The van der Waals surface area contributed by atoms with E-state index in [0.29, 0.717) is 12.0 Å². The van der Waals surface area contributed by atoms with Crippen LogP contribution in [0, 0.1) is 0 Å². The van der Waals surface area contributed by atoms with Gasteiger partial charge in [0.25, 0.3) is 0 Å². The molecule has 1 aromatic rings. The third-order valence-electron chi connectivity index (χ3n) is 4.35. The van der Waals surface area contributed by atoms with E-state index in [2.05, 4.69) is 10.1 Å². The highest BCUT2D eigenvalue weighted by molar-refractivity contribution is 5.92. The third-order valence-corrected chi connectivity index (χ3v) is 4.35. The van der Waals surface area contributed by atoms with Crippen LogP contribution in [0.5, 0.6) is 0 Å². The SMILES string of the molecule is CCOC(=O)N1c2cc(C(F)(F)F)ccc2C(CNC(=O)OC)C1CC. The van der Waals surface area contributed by atoms with E-state index in [1.165, 1.54) is 18.1 Å². The molecule has 0 aliphatic carbocycles. The second-order valence-electron chi connectivity index (χ2n) is 5.79. The zero-order valence-electron chi connectivity index (χ0n) is 14.7. The topological polar surface area (TPSA) is 67.9 Å². The number of nitrogens with zero attached hydrogens (tertiary/aromatic N) is 1. The minimum atomic E-state index is -4.53. The maximum Gasteiger partial charge on any atom is 0.416 e. The first-order valence-corrected chi connectivity index (χ1v) is 8.23. The van der Waals surface area contributed by atoms with Crippen molar-refractivity contribution in [2.45, 2.75) is 38.4 Å². The Morgan fingerprint density at radius 1 is 1.27 bits per heavy atom. The van der Waals surface area contributed by atoms with Crippen molar-refractivity contribution in [3.8, 4) is 0 Å². The molecule has 26 heavy (non-hydrogen) atoms. The van der Waals surface area contributed by atoms with Gasteiger partial charge in [-0.05, 0) is 31.0 Å². The molecular weight excluding hydrogens is 353 g/mol. The van der Waals surface area contributed by atoms with E-state index in [1.54, 1.807) is 6.92 Å². The molecule has 1 N–H and O–H groups in total. The lowest BCUT2D eigenvalue weighted by atomic mass is 9.93. The smallest absolute Gasteiger partial charge is 0.416 e. The lowest BCUT2D eigenvalue weighted by Crippen LogP contribution is -2.42. The van der Waals surface area contributed by atoms with E-state index >= 15 is 0 Å². The number of ether oxygens (including phenoxy) is 2. The summed E-state index contributed by atoms with van der Waals surface area (Å²) in [5.74, 6) is -0.374. The Morgan fingerprint density at radius 2 is 1.96 bits per heavy atom. The monoisotopic (exact) mass is 374 g/mol. The van der Waals surface area contributed by atoms with E-state index in [0.717, 1.165) is 12.1 Å². The van der Waals surface area contributed by atoms with Crippen LogP contribution in [0.4, 0.5) is 28.4 Å². The van der Waals surface area contributed by atoms with E-state index in [-0.39, 0.29) is 24.8 Å². The Bertz CT molecular complexity index is 678. The number of hydrogen-bond donors (Lipinski definition) is 1. The van der Waals surface area contributed by atoms with Crippen molar-refractivity contribution in [1.82, 2.24) is 5.32 Å². The van der Waals surface area contributed by atoms with Gasteiger partial charge in [0.15, 0.2) is 0 Å². The molecule has 144 valence electrons. The largest absolute Gasteiger partial charge is 0.453 e. The molecule has 1 aliphatic heterocycles. The fraction of sp³-hybridized carbons (Fsp3) is 0.529. The number of alkyl halides is 3. The van der Waals surface area contributed by atoms with Crippen molar-refractivity contribution in [2.24, 2.45) is 0 Å². The van der Waals surface area contributed by atoms with Gasteiger partial charge in [-0.15, -0.1) is 0 Å². The molecule has 1 heterocycles. The van der Waals surface area contributed by atoms with Crippen LogP contribution in [0.2, 0.25) is 0 Å². The molecule has 0 radical (unpaired) electrons. The number of anilines is 1. The number of carbonyl (C=O) groups is 2. The molecule has 2 unspecified atom stereocenters. The average Bonchev–Trinajstić information content (AvgIpc) is 2.91. The van der Waals surface area contributed by atoms with Crippen molar-refractivity contribution < 1.29 is 32.2 Å². The van der Waals surface area contributed by atoms with Gasteiger partial charge >= 0.3 is 18.4 Å². The zero-order chi connectivity index (χ0) is 19.5. The van der Waals surface area contributed by atoms with Crippen LogP contribution >= 0.6 is 0 Å². The first-order valence-electron chi connectivity index (χ1n) is 8.23. The average molecular weight is 374 g/mol. The Balaban J connectivity index is 2.47. The number of hydrogen-bond acceptors (Lipinski definition) is 4. The molecule has 2 rings (SSSR count). The van der Waals surface area contributed by atoms with E-state index in [4.69, 9.17) is 4.74 Å². The summed E-state index contributed by atoms with van der Waals surface area (Å²) in [6.45, 7) is 3.67. The summed E-state index contributed by atoms with van der Waals surface area (Å²) < 4.78 is 48.9. The first kappa shape index (κ1) is 19.9. The van der Waals surface area contributed by atoms with Gasteiger partial charge < -0.3 is 14.8 Å². The van der Waals surface area contributed by atoms with Crippen LogP contribution < -0.4 is 10.2 Å². The molecule has 0 spiro atoms. The van der Waals surface area contributed by atoms with Crippen molar-refractivity contribution in [1.29, 1.82) is 0 Å². The molecular formula is C17H21F3N2O4. The summed E-state index contributed by atoms with van der Waals surface area (Å²) in [5, 5.41) is 2.55. The summed E-state index contributed by atoms with van der Waals surface area (Å²) in [6.07, 6.45) is -5.41. The van der Waals surface area contributed by atoms with Gasteiger partial charge in [-0.3, -0.25) is 4.90 Å². The lowest BCUT2D eigenvalue weighted by Gasteiger charge is -2.27. The van der Waals surface area contributed by atoms with Gasteiger partial charge in [-0.1, -0.05) is 13.0 Å². The molecule has 0 bridgehead atoms. The second-order valence-corrected chi connectivity index (χ2v) is 5.79. The fourth-order valence-corrected chi connectivity index (χ4v) is 3.21. The Hall–Kier alpha value is -2.45. The predicted octanol–water partition coefficient (Wildman–Crippen LogP) is 3.90. The molecule has 0 aromatic heterocycles. The predicted molar refractivity (Wildman–Crippen MR) is 88.2 cm³/mol. The minimum absolute atomic E-state index is 0.102. The van der Waals surface area contributed by atoms with Crippen LogP contribution in [-0.4, -0.2) is 38.5 Å². The highest BCUT2D eigenvalue weighted by Gasteiger charge is 2.43. The Morgan fingerprint density at radius 3 is 2.50 bits per heavy atom. The van der Waals surface area contributed by atoms with E-state index in [9.17, 15) is 22.8 Å². The molecule has 2 amide bonds. The Labute approximate surface area is 149 Å². The van der Waals surface area contributed by atoms with Gasteiger partial charge in [0.2, 0.25) is 0 Å². The van der Waals surface area contributed by atoms with E-state index in [1.807, 2.05) is 6.92 Å². The number of nitrogens with one attached hydrogen (secondary N) is 1. The van der Waals surface area contributed by atoms with Gasteiger partial charge in [-0.25, -0.2) is 9.59 Å². The van der Waals surface area contributed by atoms with Crippen molar-refractivity contribution in [3.05, 3.63) is 29.3 Å². The maximum absolute atomic E-state index is 13.1. The van der Waals surface area contributed by atoms with Crippen LogP contribution in [0.15, 0.2) is 18.2 Å². The number of carbonyl (C=O) groups excluding carboxylic acids is 2. The number of amides is 2. The van der Waals surface area contributed by atoms with Crippen LogP contribution in [0.3, 0.4) is 0 Å². The second kappa shape index (κ2) is 7.84. The first-order chi connectivity index (χ1) is 12.2. The van der Waals surface area contributed by atoms with Crippen molar-refractivity contribution >= 4 is 17.9 Å². The van der Waals surface area contributed by atoms with Crippen LogP contribution in [-0.2, 0) is 15.7 Å². The van der Waals surface area contributed by atoms with E-state index < -0.39 is 30.0 Å². The fourth-order valence-electron chi connectivity index (χ4n) is 3.21. The van der Waals surface area contributed by atoms with Gasteiger partial charge in [0.1, 0.15) is 0 Å². The summed E-state index contributed by atoms with van der Waals surface area (Å²) >= 11 is 0. The maximum atomic E-state index is 13.1. The molecule has 0 saturated carbocycles. The quantitative estimate of drug-likeness (QED) is 0.868. The molecule has 1 aromatic carbocycles. The number of benzene rings is 1. The Kier molecular flexibility index (Phi) is 5.99. The molecule has 0 fully saturated rings. The molecule has 0 saturated heterocycles. The summed E-state index contributed by atoms with van der Waals surface area (Å²) in [4.78, 5) is 25.0. The lowest BCUT2D eigenvalue weighted by molar-refractivity contribution is -0.137. The summed E-state index contributed by atoms with van der Waals surface area (Å²) in [5.41, 5.74) is -0.141. The van der Waals surface area contributed by atoms with Gasteiger partial charge in [0, 0.05) is 18.5 Å². The normalized spacial score (nSPS) is 19.1. The van der Waals surface area contributed by atoms with Gasteiger partial charge in [-0.2, -0.15) is 13.2 Å². The highest BCUT2D eigenvalue weighted by atomic mass is 19.4. The number of alkyl carbamates (subject to hydrolysis) is 1. The number of methoxy groups -OCH3 is 1. The zero-order valence-corrected chi connectivity index (χ0v) is 14.7. The van der Waals surface area contributed by atoms with Crippen molar-refractivity contribution in [3.63, 3.8) is 0 Å². The van der Waals surface area contributed by atoms with Gasteiger partial charge in [0.05, 0.1) is 25.0 Å². The third kappa shape index (κ3) is 3.86. The number of fused-ring (bicyclic) bond motifs is 1. The molecule has 9 heteroatoms. The van der Waals surface area contributed by atoms with Crippen molar-refractivity contribution in [2.75, 3.05) is 25.2 Å². The molecule has 6 nitrogen and oxygen atoms in total. The number of rotatable bonds is 4. The molecule has 1 aliphatic rings. The van der Waals surface area contributed by atoms with Crippen LogP contribution in [0.25, 0.3) is 0 Å². The standard InChI is InChI=1S/C17H21F3N2O4/c1-4-13-12(9-21-15(23)25-3)11-7-6-10(17(18,19)20)8-14(11)22(13)16(24)26-5-2/h6-8,12-13H,4-5,9H2,1-3H3,(H,21,23). The highest BCUT2D eigenvalue weighted by Crippen LogP contribution is 2.45. The minimum Gasteiger partial charge on any atom is -0.453 e. The van der Waals surface area contributed by atoms with Crippen LogP contribution in [0.1, 0.15) is 37.3 Å². The summed E-state index contributed by atoms with van der Waals surface area (Å²) in [6, 6.07) is 2.84. The summed E-state index contributed by atoms with van der Waals surface area (Å²) in [7, 11) is 1.22. The molecule has 2 atom stereocenters.